The van der Waals surface area contributed by atoms with Crippen molar-refractivity contribution in [1.82, 2.24) is 0 Å². The van der Waals surface area contributed by atoms with Crippen LogP contribution in [0.3, 0.4) is 0 Å². The lowest BCUT2D eigenvalue weighted by atomic mass is 9.53. The molecule has 0 amide bonds. The molecule has 5 nitrogen and oxygen atoms in total. The molecule has 30 heavy (non-hydrogen) atoms. The Bertz CT molecular complexity index is 812. The van der Waals surface area contributed by atoms with E-state index in [9.17, 15) is 19.8 Å². The lowest BCUT2D eigenvalue weighted by molar-refractivity contribution is -0.209. The fourth-order valence-electron chi connectivity index (χ4n) is 7.36. The van der Waals surface area contributed by atoms with E-state index in [0.29, 0.717) is 24.2 Å². The van der Waals surface area contributed by atoms with Crippen LogP contribution in [0.15, 0.2) is 23.8 Å². The minimum absolute atomic E-state index is 0.0177. The molecule has 0 aromatic rings. The first-order chi connectivity index (χ1) is 13.9. The van der Waals surface area contributed by atoms with Gasteiger partial charge < -0.3 is 14.9 Å². The third-order valence-corrected chi connectivity index (χ3v) is 8.99. The van der Waals surface area contributed by atoms with Crippen LogP contribution in [0, 0.1) is 40.9 Å². The zero-order chi connectivity index (χ0) is 22.2. The zero-order valence-electron chi connectivity index (χ0n) is 18.9. The van der Waals surface area contributed by atoms with Crippen LogP contribution in [0.2, 0.25) is 0 Å². The number of hydrogen-bond acceptors (Lipinski definition) is 5. The standard InChI is InChI=1S/C25H36O5/c1-12(2)21-19-9-16-14(4)25(29)18(15(5)30-23(28)22(25)27)8-7-13(3)17(16)10-24(19,6)11-20(21)26/h7,12,15-19,21-22,27,29H,4,8-11H2,1-3,5-6H3. The number of allylic oxidation sites excluding steroid dienone is 2. The molecule has 1 heterocycles. The van der Waals surface area contributed by atoms with E-state index in [1.54, 1.807) is 6.92 Å². The maximum Gasteiger partial charge on any atom is 0.338 e. The number of ketones is 1. The van der Waals surface area contributed by atoms with Gasteiger partial charge in [-0.15, -0.1) is 0 Å². The number of carbonyl (C=O) groups excluding carboxylic acids is 2. The van der Waals surface area contributed by atoms with Gasteiger partial charge >= 0.3 is 5.97 Å². The van der Waals surface area contributed by atoms with E-state index in [2.05, 4.69) is 40.3 Å². The van der Waals surface area contributed by atoms with Gasteiger partial charge in [0.15, 0.2) is 6.10 Å². The minimum Gasteiger partial charge on any atom is -0.460 e. The molecular weight excluding hydrogens is 380 g/mol. The monoisotopic (exact) mass is 416 g/mol. The second-order valence-corrected chi connectivity index (χ2v) is 11.0. The second kappa shape index (κ2) is 7.03. The third kappa shape index (κ3) is 2.88. The molecule has 4 aliphatic rings. The SMILES string of the molecule is C=C1C2CC3C(C(C)C)C(=O)CC3(C)CC2C(C)=CCC2C(C)OC(=O)C(O)C12O. The van der Waals surface area contributed by atoms with Crippen LogP contribution in [-0.4, -0.2) is 39.8 Å². The lowest BCUT2D eigenvalue weighted by Crippen LogP contribution is -2.63. The summed E-state index contributed by atoms with van der Waals surface area (Å²) in [6.07, 6.45) is 2.77. The van der Waals surface area contributed by atoms with Crippen LogP contribution in [0.4, 0.5) is 0 Å². The highest BCUT2D eigenvalue weighted by atomic mass is 16.6. The van der Waals surface area contributed by atoms with Crippen LogP contribution in [0.1, 0.15) is 60.3 Å². The van der Waals surface area contributed by atoms with E-state index in [4.69, 9.17) is 4.74 Å². The molecule has 1 saturated heterocycles. The molecular formula is C25H36O5. The Labute approximate surface area is 179 Å². The first kappa shape index (κ1) is 21.8. The van der Waals surface area contributed by atoms with E-state index >= 15 is 0 Å². The molecule has 9 atom stereocenters. The number of ether oxygens (including phenoxy) is 1. The average Bonchev–Trinajstić information content (AvgIpc) is 2.92. The molecule has 3 aliphatic carbocycles. The van der Waals surface area contributed by atoms with Crippen molar-refractivity contribution >= 4 is 11.8 Å². The highest BCUT2D eigenvalue weighted by Gasteiger charge is 2.62. The maximum absolute atomic E-state index is 12.9. The minimum atomic E-state index is -1.71. The summed E-state index contributed by atoms with van der Waals surface area (Å²) in [6.45, 7) is 14.7. The maximum atomic E-state index is 12.9. The molecule has 0 aromatic carbocycles. The Morgan fingerprint density at radius 1 is 1.23 bits per heavy atom. The predicted molar refractivity (Wildman–Crippen MR) is 113 cm³/mol. The summed E-state index contributed by atoms with van der Waals surface area (Å²) in [5, 5.41) is 22.5. The van der Waals surface area contributed by atoms with Crippen LogP contribution < -0.4 is 0 Å². The number of carbonyl (C=O) groups is 2. The molecule has 1 aliphatic heterocycles. The first-order valence-electron chi connectivity index (χ1n) is 11.4. The van der Waals surface area contributed by atoms with E-state index < -0.39 is 29.7 Å². The molecule has 166 valence electrons. The van der Waals surface area contributed by atoms with Crippen molar-refractivity contribution in [2.45, 2.75) is 78.1 Å². The van der Waals surface area contributed by atoms with E-state index in [1.807, 2.05) is 0 Å². The molecule has 2 saturated carbocycles. The molecule has 0 bridgehead atoms. The summed E-state index contributed by atoms with van der Waals surface area (Å²) in [5.41, 5.74) is 0.0338. The molecule has 4 rings (SSSR count). The smallest absolute Gasteiger partial charge is 0.338 e. The number of aliphatic hydroxyl groups excluding tert-OH is 1. The summed E-state index contributed by atoms with van der Waals surface area (Å²) in [6, 6.07) is 0. The topological polar surface area (TPSA) is 83.8 Å². The van der Waals surface area contributed by atoms with Crippen molar-refractivity contribution in [3.8, 4) is 0 Å². The molecule has 3 fully saturated rings. The van der Waals surface area contributed by atoms with Gasteiger partial charge in [-0.25, -0.2) is 4.79 Å². The van der Waals surface area contributed by atoms with Gasteiger partial charge in [0, 0.05) is 18.3 Å². The largest absolute Gasteiger partial charge is 0.460 e. The van der Waals surface area contributed by atoms with Crippen molar-refractivity contribution < 1.29 is 24.5 Å². The molecule has 5 heteroatoms. The van der Waals surface area contributed by atoms with Crippen LogP contribution in [0.25, 0.3) is 0 Å². The average molecular weight is 417 g/mol. The van der Waals surface area contributed by atoms with Gasteiger partial charge in [-0.2, -0.15) is 0 Å². The number of Topliss-reactive ketones (excluding diaryl/α,β-unsaturated/α-hetero) is 1. The van der Waals surface area contributed by atoms with Gasteiger partial charge in [0.2, 0.25) is 0 Å². The summed E-state index contributed by atoms with van der Waals surface area (Å²) < 4.78 is 5.33. The third-order valence-electron chi connectivity index (χ3n) is 8.99. The van der Waals surface area contributed by atoms with E-state index in [1.165, 1.54) is 5.57 Å². The van der Waals surface area contributed by atoms with Gasteiger partial charge in [-0.3, -0.25) is 4.79 Å². The van der Waals surface area contributed by atoms with Gasteiger partial charge in [-0.1, -0.05) is 39.0 Å². The fraction of sp³-hybridized carbons (Fsp3) is 0.760. The summed E-state index contributed by atoms with van der Waals surface area (Å²) in [4.78, 5) is 25.3. The zero-order valence-corrected chi connectivity index (χ0v) is 18.9. The van der Waals surface area contributed by atoms with Gasteiger partial charge in [0.05, 0.1) is 0 Å². The van der Waals surface area contributed by atoms with Crippen molar-refractivity contribution in [3.63, 3.8) is 0 Å². The Morgan fingerprint density at radius 2 is 1.90 bits per heavy atom. The number of cyclic esters (lactones) is 1. The number of hydrogen-bond donors (Lipinski definition) is 2. The van der Waals surface area contributed by atoms with Gasteiger partial charge in [-0.05, 0) is 67.8 Å². The van der Waals surface area contributed by atoms with Crippen LogP contribution in [-0.2, 0) is 14.3 Å². The summed E-state index contributed by atoms with van der Waals surface area (Å²) >= 11 is 0. The van der Waals surface area contributed by atoms with Crippen molar-refractivity contribution in [3.05, 3.63) is 23.8 Å². The number of aliphatic hydroxyl groups is 2. The lowest BCUT2D eigenvalue weighted by Gasteiger charge is -2.54. The number of rotatable bonds is 1. The van der Waals surface area contributed by atoms with E-state index in [0.717, 1.165) is 12.8 Å². The fourth-order valence-corrected chi connectivity index (χ4v) is 7.36. The first-order valence-corrected chi connectivity index (χ1v) is 11.4. The van der Waals surface area contributed by atoms with Crippen molar-refractivity contribution in [2.75, 3.05) is 0 Å². The normalized spacial score (nSPS) is 48.9. The second-order valence-electron chi connectivity index (χ2n) is 11.0. The molecule has 0 aromatic heterocycles. The Morgan fingerprint density at radius 3 is 2.53 bits per heavy atom. The van der Waals surface area contributed by atoms with Gasteiger partial charge in [0.1, 0.15) is 17.5 Å². The van der Waals surface area contributed by atoms with Crippen molar-refractivity contribution in [1.29, 1.82) is 0 Å². The van der Waals surface area contributed by atoms with E-state index in [-0.39, 0.29) is 35.0 Å². The van der Waals surface area contributed by atoms with Crippen molar-refractivity contribution in [2.24, 2.45) is 40.9 Å². The molecule has 0 radical (unpaired) electrons. The molecule has 9 unspecified atom stereocenters. The predicted octanol–water partition coefficient (Wildman–Crippen LogP) is 3.44. The molecule has 0 spiro atoms. The summed E-state index contributed by atoms with van der Waals surface area (Å²) in [7, 11) is 0. The Balaban J connectivity index is 1.79. The quantitative estimate of drug-likeness (QED) is 0.505. The Hall–Kier alpha value is -1.46. The Kier molecular flexibility index (Phi) is 5.10. The number of esters is 1. The highest BCUT2D eigenvalue weighted by Crippen LogP contribution is 2.62. The van der Waals surface area contributed by atoms with Gasteiger partial charge in [0.25, 0.3) is 0 Å². The van der Waals surface area contributed by atoms with Crippen LogP contribution in [0.5, 0.6) is 0 Å². The van der Waals surface area contributed by atoms with Crippen LogP contribution >= 0.6 is 0 Å². The highest BCUT2D eigenvalue weighted by molar-refractivity contribution is 5.85. The molecule has 2 N–H and O–H groups in total. The number of fused-ring (bicyclic) bond motifs is 3. The summed E-state index contributed by atoms with van der Waals surface area (Å²) in [5.74, 6) is -0.276.